The zero-order chi connectivity index (χ0) is 10.7. The third-order valence-electron chi connectivity index (χ3n) is 2.18. The van der Waals surface area contributed by atoms with Crippen LogP contribution in [0, 0.1) is 6.92 Å². The van der Waals surface area contributed by atoms with E-state index >= 15 is 0 Å². The van der Waals surface area contributed by atoms with Crippen molar-refractivity contribution < 1.29 is 4.74 Å². The fourth-order valence-electron chi connectivity index (χ4n) is 1.56. The number of benzene rings is 1. The van der Waals surface area contributed by atoms with E-state index in [9.17, 15) is 0 Å². The predicted molar refractivity (Wildman–Crippen MR) is 61.0 cm³/mol. The molecule has 0 aliphatic rings. The largest absolute Gasteiger partial charge is 0.491 e. The molecule has 3 heteroatoms. The van der Waals surface area contributed by atoms with E-state index in [1.54, 1.807) is 0 Å². The van der Waals surface area contributed by atoms with Crippen molar-refractivity contribution in [1.82, 2.24) is 4.98 Å². The number of hydrogen-bond acceptors (Lipinski definition) is 3. The summed E-state index contributed by atoms with van der Waals surface area (Å²) in [5.41, 5.74) is 7.34. The second kappa shape index (κ2) is 4.28. The fourth-order valence-corrected chi connectivity index (χ4v) is 1.56. The first-order chi connectivity index (χ1) is 7.31. The summed E-state index contributed by atoms with van der Waals surface area (Å²) in [5, 5.41) is 1.04. The Morgan fingerprint density at radius 1 is 1.33 bits per heavy atom. The minimum atomic E-state index is 0.524. The Balaban J connectivity index is 2.50. The van der Waals surface area contributed by atoms with Crippen molar-refractivity contribution in [2.75, 3.05) is 13.2 Å². The SMILES string of the molecule is Cc1cc(OCCN)c2ccccc2n1. The molecule has 0 saturated heterocycles. The van der Waals surface area contributed by atoms with Crippen LogP contribution in [-0.4, -0.2) is 18.1 Å². The number of ether oxygens (including phenoxy) is 1. The molecule has 0 atom stereocenters. The van der Waals surface area contributed by atoms with Gasteiger partial charge in [-0.1, -0.05) is 12.1 Å². The maximum atomic E-state index is 5.58. The highest BCUT2D eigenvalue weighted by molar-refractivity contribution is 5.85. The van der Waals surface area contributed by atoms with Crippen molar-refractivity contribution in [3.8, 4) is 5.75 Å². The summed E-state index contributed by atoms with van der Waals surface area (Å²) in [6.07, 6.45) is 0. The van der Waals surface area contributed by atoms with E-state index in [0.717, 1.165) is 22.3 Å². The summed E-state index contributed by atoms with van der Waals surface area (Å²) >= 11 is 0. The van der Waals surface area contributed by atoms with Crippen molar-refractivity contribution in [2.24, 2.45) is 5.73 Å². The maximum absolute atomic E-state index is 5.58. The highest BCUT2D eigenvalue weighted by Crippen LogP contribution is 2.24. The molecule has 2 N–H and O–H groups in total. The van der Waals surface area contributed by atoms with Crippen molar-refractivity contribution in [3.63, 3.8) is 0 Å². The van der Waals surface area contributed by atoms with Gasteiger partial charge < -0.3 is 10.5 Å². The summed E-state index contributed by atoms with van der Waals surface area (Å²) in [5.74, 6) is 0.864. The van der Waals surface area contributed by atoms with Crippen LogP contribution in [0.4, 0.5) is 0 Å². The summed E-state index contributed by atoms with van der Waals surface area (Å²) in [4.78, 5) is 4.43. The number of hydrogen-bond donors (Lipinski definition) is 1. The molecule has 1 heterocycles. The highest BCUT2D eigenvalue weighted by atomic mass is 16.5. The average Bonchev–Trinajstić information content (AvgIpc) is 2.25. The summed E-state index contributed by atoms with van der Waals surface area (Å²) in [6.45, 7) is 3.02. The molecule has 0 unspecified atom stereocenters. The lowest BCUT2D eigenvalue weighted by Crippen LogP contribution is -2.11. The van der Waals surface area contributed by atoms with Gasteiger partial charge in [-0.25, -0.2) is 0 Å². The van der Waals surface area contributed by atoms with Gasteiger partial charge in [0.1, 0.15) is 12.4 Å². The van der Waals surface area contributed by atoms with Gasteiger partial charge in [-0.05, 0) is 19.1 Å². The van der Waals surface area contributed by atoms with Gasteiger partial charge in [-0.15, -0.1) is 0 Å². The zero-order valence-corrected chi connectivity index (χ0v) is 8.73. The van der Waals surface area contributed by atoms with Crippen LogP contribution < -0.4 is 10.5 Å². The van der Waals surface area contributed by atoms with E-state index in [0.29, 0.717) is 13.2 Å². The molecule has 3 nitrogen and oxygen atoms in total. The predicted octanol–water partition coefficient (Wildman–Crippen LogP) is 1.88. The summed E-state index contributed by atoms with van der Waals surface area (Å²) < 4.78 is 5.58. The van der Waals surface area contributed by atoms with E-state index in [1.807, 2.05) is 37.3 Å². The van der Waals surface area contributed by atoms with Gasteiger partial charge in [-0.2, -0.15) is 0 Å². The lowest BCUT2D eigenvalue weighted by atomic mass is 10.2. The van der Waals surface area contributed by atoms with Crippen molar-refractivity contribution >= 4 is 10.9 Å². The molecule has 78 valence electrons. The zero-order valence-electron chi connectivity index (χ0n) is 8.73. The van der Waals surface area contributed by atoms with Gasteiger partial charge in [0.2, 0.25) is 0 Å². The molecular weight excluding hydrogens is 188 g/mol. The second-order valence-corrected chi connectivity index (χ2v) is 3.42. The Morgan fingerprint density at radius 3 is 2.93 bits per heavy atom. The molecule has 0 aliphatic heterocycles. The lowest BCUT2D eigenvalue weighted by Gasteiger charge is -2.08. The molecule has 0 spiro atoms. The Morgan fingerprint density at radius 2 is 2.13 bits per heavy atom. The Bertz CT molecular complexity index is 468. The minimum Gasteiger partial charge on any atom is -0.491 e. The molecule has 2 rings (SSSR count). The van der Waals surface area contributed by atoms with Crippen LogP contribution in [0.3, 0.4) is 0 Å². The molecule has 0 amide bonds. The van der Waals surface area contributed by atoms with Crippen LogP contribution >= 0.6 is 0 Å². The Kier molecular flexibility index (Phi) is 2.83. The average molecular weight is 202 g/mol. The van der Waals surface area contributed by atoms with Crippen LogP contribution in [0.25, 0.3) is 10.9 Å². The van der Waals surface area contributed by atoms with E-state index in [2.05, 4.69) is 4.98 Å². The quantitative estimate of drug-likeness (QED) is 0.826. The first kappa shape index (κ1) is 9.93. The van der Waals surface area contributed by atoms with Crippen LogP contribution in [0.1, 0.15) is 5.69 Å². The monoisotopic (exact) mass is 202 g/mol. The van der Waals surface area contributed by atoms with Gasteiger partial charge in [0.25, 0.3) is 0 Å². The van der Waals surface area contributed by atoms with Crippen LogP contribution in [0.2, 0.25) is 0 Å². The van der Waals surface area contributed by atoms with E-state index in [4.69, 9.17) is 10.5 Å². The van der Waals surface area contributed by atoms with E-state index in [1.165, 1.54) is 0 Å². The number of nitrogens with two attached hydrogens (primary N) is 1. The van der Waals surface area contributed by atoms with Gasteiger partial charge >= 0.3 is 0 Å². The van der Waals surface area contributed by atoms with E-state index < -0.39 is 0 Å². The molecule has 0 bridgehead atoms. The van der Waals surface area contributed by atoms with Gasteiger partial charge in [0.05, 0.1) is 5.52 Å². The summed E-state index contributed by atoms with van der Waals surface area (Å²) in [6, 6.07) is 9.89. The molecule has 0 fully saturated rings. The van der Waals surface area contributed by atoms with Gasteiger partial charge in [-0.3, -0.25) is 4.98 Å². The molecular formula is C12H14N2O. The van der Waals surface area contributed by atoms with Crippen LogP contribution in [-0.2, 0) is 0 Å². The number of pyridine rings is 1. The fraction of sp³-hybridized carbons (Fsp3) is 0.250. The third-order valence-corrected chi connectivity index (χ3v) is 2.18. The first-order valence-corrected chi connectivity index (χ1v) is 5.00. The number of nitrogens with zero attached hydrogens (tertiary/aromatic N) is 1. The van der Waals surface area contributed by atoms with Gasteiger partial charge in [0.15, 0.2) is 0 Å². The standard InChI is InChI=1S/C12H14N2O/c1-9-8-12(15-7-6-13)10-4-2-3-5-11(10)14-9/h2-5,8H,6-7,13H2,1H3. The molecule has 0 aliphatic carbocycles. The highest BCUT2D eigenvalue weighted by Gasteiger charge is 2.03. The van der Waals surface area contributed by atoms with Crippen LogP contribution in [0.5, 0.6) is 5.75 Å². The Labute approximate surface area is 88.9 Å². The second-order valence-electron chi connectivity index (χ2n) is 3.42. The topological polar surface area (TPSA) is 48.1 Å². The number of para-hydroxylation sites is 1. The molecule has 15 heavy (non-hydrogen) atoms. The number of aryl methyl sites for hydroxylation is 1. The van der Waals surface area contributed by atoms with Gasteiger partial charge in [0, 0.05) is 23.7 Å². The number of rotatable bonds is 3. The third kappa shape index (κ3) is 2.07. The molecule has 1 aromatic carbocycles. The number of aromatic nitrogens is 1. The minimum absolute atomic E-state index is 0.524. The van der Waals surface area contributed by atoms with Crippen molar-refractivity contribution in [2.45, 2.75) is 6.92 Å². The maximum Gasteiger partial charge on any atom is 0.130 e. The summed E-state index contributed by atoms with van der Waals surface area (Å²) in [7, 11) is 0. The Hall–Kier alpha value is -1.61. The van der Waals surface area contributed by atoms with Crippen LogP contribution in [0.15, 0.2) is 30.3 Å². The van der Waals surface area contributed by atoms with Crippen molar-refractivity contribution in [3.05, 3.63) is 36.0 Å². The van der Waals surface area contributed by atoms with Crippen molar-refractivity contribution in [1.29, 1.82) is 0 Å². The lowest BCUT2D eigenvalue weighted by molar-refractivity contribution is 0.332. The van der Waals surface area contributed by atoms with E-state index in [-0.39, 0.29) is 0 Å². The molecule has 2 aromatic rings. The first-order valence-electron chi connectivity index (χ1n) is 5.00. The normalized spacial score (nSPS) is 10.5. The molecule has 1 aromatic heterocycles. The smallest absolute Gasteiger partial charge is 0.130 e. The number of fused-ring (bicyclic) bond motifs is 1. The molecule has 0 saturated carbocycles. The molecule has 0 radical (unpaired) electrons.